The zero-order chi connectivity index (χ0) is 27.5. The molecule has 1 N–H and O–H groups in total. The summed E-state index contributed by atoms with van der Waals surface area (Å²) in [4.78, 5) is 40.4. The van der Waals surface area contributed by atoms with Crippen LogP contribution >= 0.6 is 23.2 Å². The monoisotopic (exact) mass is 551 g/mol. The second kappa shape index (κ2) is 11.6. The number of hydrogen-bond donors (Lipinski definition) is 1. The Hall–Kier alpha value is -2.91. The van der Waals surface area contributed by atoms with Gasteiger partial charge in [0.05, 0.1) is 5.52 Å². The minimum Gasteiger partial charge on any atom is -0.444 e. The van der Waals surface area contributed by atoms with Gasteiger partial charge in [0.25, 0.3) is 5.56 Å². The van der Waals surface area contributed by atoms with Gasteiger partial charge < -0.3 is 19.5 Å². The van der Waals surface area contributed by atoms with E-state index in [0.717, 1.165) is 17.4 Å². The van der Waals surface area contributed by atoms with Gasteiger partial charge in [-0.05, 0) is 46.6 Å². The van der Waals surface area contributed by atoms with E-state index in [9.17, 15) is 14.4 Å². The average molecular weight is 553 g/mol. The molecular formula is C26H35Cl2N5O4. The predicted molar refractivity (Wildman–Crippen MR) is 150 cm³/mol. The molecule has 202 valence electrons. The number of amides is 1. The number of rotatable bonds is 6. The van der Waals surface area contributed by atoms with Crippen molar-refractivity contribution in [3.05, 3.63) is 61.3 Å². The van der Waals surface area contributed by atoms with Crippen LogP contribution in [-0.4, -0.2) is 44.5 Å². The molecule has 11 heteroatoms. The van der Waals surface area contributed by atoms with Crippen molar-refractivity contribution in [1.82, 2.24) is 19.0 Å². The maximum atomic E-state index is 13.2. The third-order valence-electron chi connectivity index (χ3n) is 5.98. The van der Waals surface area contributed by atoms with Crippen LogP contribution in [0.1, 0.15) is 40.5 Å². The van der Waals surface area contributed by atoms with Crippen molar-refractivity contribution in [2.75, 3.05) is 18.0 Å². The molecule has 1 aliphatic heterocycles. The van der Waals surface area contributed by atoms with Crippen LogP contribution in [0.3, 0.4) is 0 Å². The van der Waals surface area contributed by atoms with E-state index < -0.39 is 22.9 Å². The van der Waals surface area contributed by atoms with Crippen molar-refractivity contribution < 1.29 is 9.53 Å². The lowest BCUT2D eigenvalue weighted by atomic mass is 10.1. The first-order valence-electron chi connectivity index (χ1n) is 12.2. The van der Waals surface area contributed by atoms with Gasteiger partial charge >= 0.3 is 11.8 Å². The Morgan fingerprint density at radius 3 is 2.49 bits per heavy atom. The number of ether oxygens (including phenoxy) is 1. The van der Waals surface area contributed by atoms with E-state index >= 15 is 0 Å². The molecule has 0 aliphatic carbocycles. The lowest BCUT2D eigenvalue weighted by Crippen LogP contribution is -2.49. The minimum atomic E-state index is -0.599. The maximum absolute atomic E-state index is 13.2. The number of carbonyl (C=O) groups excluding carboxylic acids is 1. The molecule has 3 rings (SSSR count). The van der Waals surface area contributed by atoms with E-state index in [1.807, 2.05) is 49.6 Å². The fourth-order valence-electron chi connectivity index (χ4n) is 4.40. The molecule has 9 nitrogen and oxygen atoms in total. The van der Waals surface area contributed by atoms with Crippen LogP contribution in [0.15, 0.2) is 45.0 Å². The Morgan fingerprint density at radius 1 is 1.14 bits per heavy atom. The van der Waals surface area contributed by atoms with Gasteiger partial charge in [0.2, 0.25) is 0 Å². The molecule has 0 radical (unpaired) electrons. The number of nitrogens with one attached hydrogen (secondary N) is 1. The number of aryl methyl sites for hydroxylation is 1. The van der Waals surface area contributed by atoms with E-state index in [0.29, 0.717) is 46.5 Å². The van der Waals surface area contributed by atoms with Crippen molar-refractivity contribution in [1.29, 1.82) is 0 Å². The zero-order valence-electron chi connectivity index (χ0n) is 22.2. The van der Waals surface area contributed by atoms with Crippen LogP contribution in [0, 0.1) is 0 Å². The molecule has 3 heterocycles. The molecule has 1 fully saturated rings. The average Bonchev–Trinajstić information content (AvgIpc) is 3.09. The number of piperidine rings is 1. The molecule has 0 unspecified atom stereocenters. The molecule has 0 aromatic carbocycles. The molecular weight excluding hydrogens is 517 g/mol. The molecule has 0 saturated carbocycles. The van der Waals surface area contributed by atoms with Gasteiger partial charge in [0.15, 0.2) is 0 Å². The minimum absolute atomic E-state index is 0.165. The Kier molecular flexibility index (Phi) is 9.02. The van der Waals surface area contributed by atoms with Crippen LogP contribution in [0.2, 0.25) is 5.02 Å². The molecule has 2 aromatic rings. The Labute approximate surface area is 226 Å². The number of allylic oxidation sites excluding steroid dienone is 6. The van der Waals surface area contributed by atoms with Crippen molar-refractivity contribution >= 4 is 46.1 Å². The third kappa shape index (κ3) is 6.70. The van der Waals surface area contributed by atoms with Gasteiger partial charge in [-0.15, -0.1) is 0 Å². The van der Waals surface area contributed by atoms with Crippen LogP contribution in [0.25, 0.3) is 11.0 Å². The van der Waals surface area contributed by atoms with Crippen LogP contribution in [0.5, 0.6) is 0 Å². The number of fused-ring (bicyclic) bond motifs is 1. The molecule has 37 heavy (non-hydrogen) atoms. The van der Waals surface area contributed by atoms with Crippen molar-refractivity contribution in [2.45, 2.75) is 58.7 Å². The van der Waals surface area contributed by atoms with Gasteiger partial charge in [0, 0.05) is 44.8 Å². The molecule has 1 aliphatic rings. The molecule has 0 bridgehead atoms. The lowest BCUT2D eigenvalue weighted by Gasteiger charge is -2.35. The summed E-state index contributed by atoms with van der Waals surface area (Å²) in [6.45, 7) is 8.75. The number of alkyl carbamates (subject to hydrolysis) is 1. The smallest absolute Gasteiger partial charge is 0.407 e. The summed E-state index contributed by atoms with van der Waals surface area (Å²) < 4.78 is 9.74. The second-order valence-electron chi connectivity index (χ2n) is 10.1. The summed E-state index contributed by atoms with van der Waals surface area (Å²) in [7, 11) is 3.06. The van der Waals surface area contributed by atoms with E-state index in [-0.39, 0.29) is 6.04 Å². The van der Waals surface area contributed by atoms with Crippen molar-refractivity contribution in [3.8, 4) is 0 Å². The quantitative estimate of drug-likeness (QED) is 0.536. The van der Waals surface area contributed by atoms with Gasteiger partial charge in [-0.1, -0.05) is 47.5 Å². The molecule has 1 saturated heterocycles. The number of aromatic nitrogens is 3. The summed E-state index contributed by atoms with van der Waals surface area (Å²) in [5.41, 5.74) is -0.740. The Morgan fingerprint density at radius 2 is 1.84 bits per heavy atom. The highest BCUT2D eigenvalue weighted by molar-refractivity contribution is 6.38. The second-order valence-corrected chi connectivity index (χ2v) is 11.1. The fourth-order valence-corrected chi connectivity index (χ4v) is 4.91. The number of nitrogens with zero attached hydrogens (tertiary/aromatic N) is 4. The molecule has 0 spiro atoms. The van der Waals surface area contributed by atoms with Gasteiger partial charge in [-0.2, -0.15) is 0 Å². The van der Waals surface area contributed by atoms with Gasteiger partial charge in [0.1, 0.15) is 22.0 Å². The van der Waals surface area contributed by atoms with Crippen molar-refractivity contribution in [3.63, 3.8) is 0 Å². The summed E-state index contributed by atoms with van der Waals surface area (Å²) in [5, 5.41) is 3.94. The molecule has 1 amide bonds. The standard InChI is InChI=1S/C26H35Cl2N5O4/c1-17(27)12-9-7-8-10-15-33-21-20(30(5)25(36)31(6)23(21)34)19(28)22(33)32-14-11-13-18(16-32)29-24(35)37-26(2,3)4/h7-10,12,18H,11,13-16H2,1-6H3,(H,29,35)/b9-7-,10-8+,17-12+/t18-/m1/s1. The Balaban J connectivity index is 2.04. The summed E-state index contributed by atoms with van der Waals surface area (Å²) in [5.74, 6) is 0.635. The van der Waals surface area contributed by atoms with Crippen LogP contribution < -0.4 is 21.5 Å². The number of hydrogen-bond acceptors (Lipinski definition) is 5. The van der Waals surface area contributed by atoms with E-state index in [1.165, 1.54) is 11.6 Å². The number of anilines is 1. The van der Waals surface area contributed by atoms with Crippen LogP contribution in [-0.2, 0) is 25.4 Å². The molecule has 1 atom stereocenters. The van der Waals surface area contributed by atoms with E-state index in [4.69, 9.17) is 27.9 Å². The topological polar surface area (TPSA) is 90.5 Å². The lowest BCUT2D eigenvalue weighted by molar-refractivity contribution is 0.0500. The fraction of sp³-hybridized carbons (Fsp3) is 0.500. The highest BCUT2D eigenvalue weighted by Crippen LogP contribution is 2.36. The van der Waals surface area contributed by atoms with Gasteiger partial charge in [-0.3, -0.25) is 13.9 Å². The third-order valence-corrected chi connectivity index (χ3v) is 6.46. The predicted octanol–water partition coefficient (Wildman–Crippen LogP) is 4.44. The van der Waals surface area contributed by atoms with Crippen molar-refractivity contribution in [2.24, 2.45) is 14.1 Å². The Bertz CT molecular complexity index is 1370. The number of carbonyl (C=O) groups is 1. The summed E-state index contributed by atoms with van der Waals surface area (Å²) in [6.07, 6.45) is 10.3. The number of halogens is 2. The summed E-state index contributed by atoms with van der Waals surface area (Å²) in [6, 6.07) is -0.165. The zero-order valence-corrected chi connectivity index (χ0v) is 23.7. The summed E-state index contributed by atoms with van der Waals surface area (Å²) >= 11 is 12.8. The SMILES string of the molecule is C\C(Cl)=C/C=C\C=C\Cn1c(N2CCC[C@@H](NC(=O)OC(C)(C)C)C2)c(Cl)c2c1c(=O)n(C)c(=O)n2C. The first kappa shape index (κ1) is 28.7. The van der Waals surface area contributed by atoms with Crippen LogP contribution in [0.4, 0.5) is 10.6 Å². The first-order chi connectivity index (χ1) is 17.3. The highest BCUT2D eigenvalue weighted by atomic mass is 35.5. The maximum Gasteiger partial charge on any atom is 0.407 e. The molecule has 2 aromatic heterocycles. The first-order valence-corrected chi connectivity index (χ1v) is 12.9. The van der Waals surface area contributed by atoms with Gasteiger partial charge in [-0.25, -0.2) is 9.59 Å². The largest absolute Gasteiger partial charge is 0.444 e. The normalized spacial score (nSPS) is 17.4. The van der Waals surface area contributed by atoms with E-state index in [1.54, 1.807) is 20.0 Å². The highest BCUT2D eigenvalue weighted by Gasteiger charge is 2.30. The van der Waals surface area contributed by atoms with E-state index in [2.05, 4.69) is 10.2 Å².